The van der Waals surface area contributed by atoms with E-state index in [1.165, 1.54) is 24.3 Å². The average Bonchev–Trinajstić information content (AvgIpc) is 2.37. The second-order valence-electron chi connectivity index (χ2n) is 4.19. The van der Waals surface area contributed by atoms with Crippen LogP contribution in [-0.4, -0.2) is 8.42 Å². The van der Waals surface area contributed by atoms with Crippen LogP contribution in [-0.2, 0) is 15.6 Å². The van der Waals surface area contributed by atoms with Gasteiger partial charge in [0, 0.05) is 0 Å². The highest BCUT2D eigenvalue weighted by molar-refractivity contribution is 7.90. The minimum Gasteiger partial charge on any atom is -0.398 e. The van der Waals surface area contributed by atoms with E-state index in [0.717, 1.165) is 0 Å². The molecule has 0 aliphatic carbocycles. The van der Waals surface area contributed by atoms with Gasteiger partial charge in [0.2, 0.25) is 0 Å². The molecule has 3 nitrogen and oxygen atoms in total. The third-order valence-corrected chi connectivity index (χ3v) is 5.42. The van der Waals surface area contributed by atoms with Crippen molar-refractivity contribution in [3.63, 3.8) is 0 Å². The number of sulfone groups is 1. The molecule has 0 saturated carbocycles. The van der Waals surface area contributed by atoms with Crippen LogP contribution < -0.4 is 5.73 Å². The molecular weight excluding hydrogens is 341 g/mol. The van der Waals surface area contributed by atoms with Gasteiger partial charge in [-0.3, -0.25) is 0 Å². The molecule has 7 heteroatoms. The van der Waals surface area contributed by atoms with Gasteiger partial charge in [0.05, 0.1) is 31.4 Å². The van der Waals surface area contributed by atoms with Gasteiger partial charge in [-0.05, 0) is 35.9 Å². The first kappa shape index (κ1) is 15.4. The van der Waals surface area contributed by atoms with Gasteiger partial charge in [0.1, 0.15) is 0 Å². The summed E-state index contributed by atoms with van der Waals surface area (Å²) < 4.78 is 24.6. The third kappa shape index (κ3) is 3.38. The van der Waals surface area contributed by atoms with Crippen molar-refractivity contribution >= 4 is 50.3 Å². The molecule has 0 unspecified atom stereocenters. The number of halogens is 3. The van der Waals surface area contributed by atoms with Crippen LogP contribution in [0.2, 0.25) is 15.1 Å². The van der Waals surface area contributed by atoms with E-state index >= 15 is 0 Å². The van der Waals surface area contributed by atoms with Gasteiger partial charge in [-0.15, -0.1) is 0 Å². The second-order valence-corrected chi connectivity index (χ2v) is 7.40. The van der Waals surface area contributed by atoms with Crippen molar-refractivity contribution in [3.8, 4) is 0 Å². The van der Waals surface area contributed by atoms with Crippen molar-refractivity contribution in [2.75, 3.05) is 5.73 Å². The summed E-state index contributed by atoms with van der Waals surface area (Å²) in [7, 11) is -3.52. The summed E-state index contributed by atoms with van der Waals surface area (Å²) in [6, 6.07) is 8.93. The van der Waals surface area contributed by atoms with Crippen LogP contribution in [0.4, 0.5) is 5.69 Å². The van der Waals surface area contributed by atoms with Crippen LogP contribution in [0.3, 0.4) is 0 Å². The molecule has 0 bridgehead atoms. The Morgan fingerprint density at radius 2 is 1.60 bits per heavy atom. The molecular formula is C13H10Cl3NO2S. The van der Waals surface area contributed by atoms with Crippen molar-refractivity contribution in [2.24, 2.45) is 0 Å². The molecule has 0 aliphatic heterocycles. The quantitative estimate of drug-likeness (QED) is 0.844. The van der Waals surface area contributed by atoms with E-state index in [4.69, 9.17) is 40.5 Å². The molecule has 2 aromatic carbocycles. The monoisotopic (exact) mass is 349 g/mol. The van der Waals surface area contributed by atoms with Gasteiger partial charge < -0.3 is 5.73 Å². The lowest BCUT2D eigenvalue weighted by Crippen LogP contribution is -2.05. The molecule has 0 fully saturated rings. The number of hydrogen-bond donors (Lipinski definition) is 1. The van der Waals surface area contributed by atoms with Crippen LogP contribution in [0.5, 0.6) is 0 Å². The zero-order valence-electron chi connectivity index (χ0n) is 10.1. The van der Waals surface area contributed by atoms with Gasteiger partial charge in [-0.25, -0.2) is 8.42 Å². The van der Waals surface area contributed by atoms with Gasteiger partial charge in [-0.1, -0.05) is 40.9 Å². The normalized spacial score (nSPS) is 11.6. The van der Waals surface area contributed by atoms with Crippen LogP contribution in [0, 0.1) is 0 Å². The summed E-state index contributed by atoms with van der Waals surface area (Å²) in [4.78, 5) is 0.114. The first-order valence-electron chi connectivity index (χ1n) is 5.51. The van der Waals surface area contributed by atoms with Crippen LogP contribution in [0.25, 0.3) is 0 Å². The highest BCUT2D eigenvalue weighted by Crippen LogP contribution is 2.27. The molecule has 20 heavy (non-hydrogen) atoms. The van der Waals surface area contributed by atoms with Crippen molar-refractivity contribution in [2.45, 2.75) is 10.6 Å². The zero-order valence-corrected chi connectivity index (χ0v) is 13.2. The minimum atomic E-state index is -3.52. The number of rotatable bonds is 3. The zero-order chi connectivity index (χ0) is 14.9. The van der Waals surface area contributed by atoms with Crippen molar-refractivity contribution in [3.05, 3.63) is 57.0 Å². The van der Waals surface area contributed by atoms with E-state index < -0.39 is 9.84 Å². The summed E-state index contributed by atoms with van der Waals surface area (Å²) in [6.45, 7) is 0. The maximum atomic E-state index is 12.3. The Morgan fingerprint density at radius 3 is 2.20 bits per heavy atom. The summed E-state index contributed by atoms with van der Waals surface area (Å²) >= 11 is 17.5. The molecule has 0 amide bonds. The van der Waals surface area contributed by atoms with E-state index in [2.05, 4.69) is 0 Å². The predicted octanol–water partition coefficient (Wildman–Crippen LogP) is 4.20. The lowest BCUT2D eigenvalue weighted by atomic mass is 10.2. The van der Waals surface area contributed by atoms with Crippen LogP contribution >= 0.6 is 34.8 Å². The predicted molar refractivity (Wildman–Crippen MR) is 83.2 cm³/mol. The molecule has 106 valence electrons. The largest absolute Gasteiger partial charge is 0.398 e. The molecule has 0 radical (unpaired) electrons. The Bertz CT molecular complexity index is 760. The maximum Gasteiger partial charge on any atom is 0.182 e. The molecule has 2 N–H and O–H groups in total. The molecule has 0 atom stereocenters. The van der Waals surface area contributed by atoms with E-state index in [1.54, 1.807) is 12.1 Å². The van der Waals surface area contributed by atoms with Gasteiger partial charge >= 0.3 is 0 Å². The fourth-order valence-corrected chi connectivity index (χ4v) is 3.56. The van der Waals surface area contributed by atoms with E-state index in [-0.39, 0.29) is 15.7 Å². The van der Waals surface area contributed by atoms with Crippen LogP contribution in [0.15, 0.2) is 41.3 Å². The standard InChI is InChI=1S/C13H10Cl3NO2S/c14-10-3-1-8(5-11(10)15)7-20(18,19)9-2-4-13(17)12(16)6-9/h1-6H,7,17H2. The van der Waals surface area contributed by atoms with Crippen molar-refractivity contribution in [1.82, 2.24) is 0 Å². The number of nitrogen functional groups attached to an aromatic ring is 1. The fourth-order valence-electron chi connectivity index (χ4n) is 1.63. The van der Waals surface area contributed by atoms with Crippen molar-refractivity contribution in [1.29, 1.82) is 0 Å². The summed E-state index contributed by atoms with van der Waals surface area (Å²) in [5, 5.41) is 0.901. The van der Waals surface area contributed by atoms with Gasteiger partial charge in [0.15, 0.2) is 9.84 Å². The Kier molecular flexibility index (Phi) is 4.49. The Hall–Kier alpha value is -0.940. The smallest absolute Gasteiger partial charge is 0.182 e. The minimum absolute atomic E-state index is 0.114. The Morgan fingerprint density at radius 1 is 0.900 bits per heavy atom. The summed E-state index contributed by atoms with van der Waals surface area (Å²) in [5.74, 6) is -0.190. The van der Waals surface area contributed by atoms with E-state index in [0.29, 0.717) is 21.3 Å². The fraction of sp³-hybridized carbons (Fsp3) is 0.0769. The third-order valence-electron chi connectivity index (χ3n) is 2.67. The highest BCUT2D eigenvalue weighted by Gasteiger charge is 2.17. The maximum absolute atomic E-state index is 12.3. The Labute approximate surface area is 132 Å². The number of benzene rings is 2. The average molecular weight is 351 g/mol. The van der Waals surface area contributed by atoms with Crippen molar-refractivity contribution < 1.29 is 8.42 Å². The summed E-state index contributed by atoms with van der Waals surface area (Å²) in [5.41, 5.74) is 6.44. The number of nitrogens with two attached hydrogens (primary N) is 1. The molecule has 0 heterocycles. The molecule has 2 rings (SSSR count). The topological polar surface area (TPSA) is 60.2 Å². The number of hydrogen-bond acceptors (Lipinski definition) is 3. The molecule has 0 spiro atoms. The van der Waals surface area contributed by atoms with Gasteiger partial charge in [-0.2, -0.15) is 0 Å². The lowest BCUT2D eigenvalue weighted by Gasteiger charge is -2.07. The van der Waals surface area contributed by atoms with Gasteiger partial charge in [0.25, 0.3) is 0 Å². The van der Waals surface area contributed by atoms with E-state index in [9.17, 15) is 8.42 Å². The first-order chi connectivity index (χ1) is 9.29. The molecule has 0 saturated heterocycles. The second kappa shape index (κ2) is 5.82. The van der Waals surface area contributed by atoms with E-state index in [1.807, 2.05) is 0 Å². The Balaban J connectivity index is 2.35. The first-order valence-corrected chi connectivity index (χ1v) is 8.30. The molecule has 2 aromatic rings. The lowest BCUT2D eigenvalue weighted by molar-refractivity contribution is 0.595. The SMILES string of the molecule is Nc1ccc(S(=O)(=O)Cc2ccc(Cl)c(Cl)c2)cc1Cl. The number of anilines is 1. The van der Waals surface area contributed by atoms with Crippen LogP contribution in [0.1, 0.15) is 5.56 Å². The molecule has 0 aromatic heterocycles. The molecule has 0 aliphatic rings. The summed E-state index contributed by atoms with van der Waals surface area (Å²) in [6.07, 6.45) is 0. The highest BCUT2D eigenvalue weighted by atomic mass is 35.5.